The highest BCUT2D eigenvalue weighted by Crippen LogP contribution is 2.38. The SMILES string of the molecule is COC(=O)N1c2ccc3c(nc(Cn4ccccc4=O)n3C3CCOCC3)c2CC[C@@H]1C. The molecule has 3 aromatic rings. The van der Waals surface area contributed by atoms with Crippen molar-refractivity contribution in [2.75, 3.05) is 25.2 Å². The number of pyridine rings is 1. The molecule has 0 saturated carbocycles. The second-order valence-corrected chi connectivity index (χ2v) is 8.57. The Morgan fingerprint density at radius 2 is 2.00 bits per heavy atom. The molecule has 2 aliphatic rings. The van der Waals surface area contributed by atoms with E-state index < -0.39 is 0 Å². The van der Waals surface area contributed by atoms with E-state index in [0.717, 1.165) is 53.8 Å². The number of aryl methyl sites for hydroxylation is 1. The highest BCUT2D eigenvalue weighted by Gasteiger charge is 2.32. The van der Waals surface area contributed by atoms with Crippen LogP contribution in [0.15, 0.2) is 41.3 Å². The summed E-state index contributed by atoms with van der Waals surface area (Å²) in [4.78, 5) is 31.7. The molecular weight excluding hydrogens is 408 g/mol. The zero-order valence-electron chi connectivity index (χ0n) is 18.5. The molecule has 2 aliphatic heterocycles. The minimum atomic E-state index is -0.349. The maximum Gasteiger partial charge on any atom is 0.414 e. The summed E-state index contributed by atoms with van der Waals surface area (Å²) < 4.78 is 14.6. The number of rotatable bonds is 3. The minimum Gasteiger partial charge on any atom is -0.452 e. The summed E-state index contributed by atoms with van der Waals surface area (Å²) in [7, 11) is 1.41. The van der Waals surface area contributed by atoms with Gasteiger partial charge in [-0.2, -0.15) is 0 Å². The van der Waals surface area contributed by atoms with E-state index in [-0.39, 0.29) is 23.7 Å². The number of methoxy groups -OCH3 is 1. The van der Waals surface area contributed by atoms with Crippen molar-refractivity contribution in [1.82, 2.24) is 14.1 Å². The van der Waals surface area contributed by atoms with Gasteiger partial charge in [-0.25, -0.2) is 9.78 Å². The number of carbonyl (C=O) groups is 1. The van der Waals surface area contributed by atoms with E-state index in [1.165, 1.54) is 7.11 Å². The van der Waals surface area contributed by atoms with E-state index in [9.17, 15) is 9.59 Å². The lowest BCUT2D eigenvalue weighted by Gasteiger charge is -2.34. The average Bonchev–Trinajstić information content (AvgIpc) is 3.18. The molecule has 8 heteroatoms. The van der Waals surface area contributed by atoms with Crippen molar-refractivity contribution in [3.05, 3.63) is 58.3 Å². The molecule has 1 saturated heterocycles. The first kappa shape index (κ1) is 20.8. The Kier molecular flexibility index (Phi) is 5.46. The van der Waals surface area contributed by atoms with Gasteiger partial charge in [0.15, 0.2) is 0 Å². The fourth-order valence-electron chi connectivity index (χ4n) is 5.03. The van der Waals surface area contributed by atoms with Crippen LogP contribution in [-0.2, 0) is 22.4 Å². The van der Waals surface area contributed by atoms with E-state index in [1.54, 1.807) is 27.8 Å². The van der Waals surface area contributed by atoms with Crippen LogP contribution in [0, 0.1) is 0 Å². The third kappa shape index (κ3) is 3.48. The number of imidazole rings is 1. The molecule has 0 unspecified atom stereocenters. The number of fused-ring (bicyclic) bond motifs is 3. The summed E-state index contributed by atoms with van der Waals surface area (Å²) in [5, 5.41) is 0. The molecule has 8 nitrogen and oxygen atoms in total. The zero-order chi connectivity index (χ0) is 22.2. The predicted octanol–water partition coefficient (Wildman–Crippen LogP) is 3.51. The molecule has 0 aliphatic carbocycles. The lowest BCUT2D eigenvalue weighted by Crippen LogP contribution is -2.42. The molecule has 32 heavy (non-hydrogen) atoms. The summed E-state index contributed by atoms with van der Waals surface area (Å²) >= 11 is 0. The normalized spacial score (nSPS) is 19.2. The highest BCUT2D eigenvalue weighted by atomic mass is 16.5. The van der Waals surface area contributed by atoms with Gasteiger partial charge in [-0.3, -0.25) is 9.69 Å². The third-order valence-corrected chi connectivity index (χ3v) is 6.67. The Morgan fingerprint density at radius 3 is 2.75 bits per heavy atom. The third-order valence-electron chi connectivity index (χ3n) is 6.67. The van der Waals surface area contributed by atoms with Crippen LogP contribution in [0.25, 0.3) is 11.0 Å². The van der Waals surface area contributed by atoms with Gasteiger partial charge in [0.1, 0.15) is 5.82 Å². The molecule has 5 rings (SSSR count). The Bertz CT molecular complexity index is 1210. The second-order valence-electron chi connectivity index (χ2n) is 8.57. The molecular formula is C24H28N4O4. The number of nitrogens with zero attached hydrogens (tertiary/aromatic N) is 4. The lowest BCUT2D eigenvalue weighted by atomic mass is 9.95. The predicted molar refractivity (Wildman–Crippen MR) is 121 cm³/mol. The van der Waals surface area contributed by atoms with Gasteiger partial charge in [0.2, 0.25) is 0 Å². The second kappa shape index (κ2) is 8.43. The van der Waals surface area contributed by atoms with Crippen LogP contribution in [0.4, 0.5) is 10.5 Å². The van der Waals surface area contributed by atoms with Gasteiger partial charge in [0.05, 0.1) is 30.4 Å². The molecule has 0 N–H and O–H groups in total. The van der Waals surface area contributed by atoms with Crippen molar-refractivity contribution in [3.8, 4) is 0 Å². The summed E-state index contributed by atoms with van der Waals surface area (Å²) in [6, 6.07) is 9.58. The molecule has 4 heterocycles. The van der Waals surface area contributed by atoms with E-state index in [2.05, 4.69) is 10.6 Å². The zero-order valence-corrected chi connectivity index (χ0v) is 18.5. The van der Waals surface area contributed by atoms with Crippen molar-refractivity contribution in [1.29, 1.82) is 0 Å². The average molecular weight is 437 g/mol. The number of benzene rings is 1. The maximum absolute atomic E-state index is 12.5. The van der Waals surface area contributed by atoms with Crippen LogP contribution in [0.3, 0.4) is 0 Å². The van der Waals surface area contributed by atoms with Crippen LogP contribution in [0.1, 0.15) is 43.6 Å². The van der Waals surface area contributed by atoms with Gasteiger partial charge in [-0.15, -0.1) is 0 Å². The van der Waals surface area contributed by atoms with E-state index >= 15 is 0 Å². The number of amides is 1. The smallest absolute Gasteiger partial charge is 0.414 e. The van der Waals surface area contributed by atoms with E-state index in [0.29, 0.717) is 19.8 Å². The van der Waals surface area contributed by atoms with Gasteiger partial charge in [0, 0.05) is 43.1 Å². The van der Waals surface area contributed by atoms with E-state index in [4.69, 9.17) is 14.5 Å². The van der Waals surface area contributed by atoms with Crippen LogP contribution < -0.4 is 10.5 Å². The maximum atomic E-state index is 12.5. The minimum absolute atomic E-state index is 0.0502. The molecule has 2 aromatic heterocycles. The van der Waals surface area contributed by atoms with Gasteiger partial charge in [0.25, 0.3) is 5.56 Å². The molecule has 168 valence electrons. The largest absolute Gasteiger partial charge is 0.452 e. The summed E-state index contributed by atoms with van der Waals surface area (Å²) in [6.07, 6.45) is 4.95. The van der Waals surface area contributed by atoms with Crippen LogP contribution in [0.5, 0.6) is 0 Å². The summed E-state index contributed by atoms with van der Waals surface area (Å²) in [6.45, 7) is 3.87. The van der Waals surface area contributed by atoms with E-state index in [1.807, 2.05) is 19.1 Å². The Morgan fingerprint density at radius 1 is 1.19 bits per heavy atom. The Hall–Kier alpha value is -3.13. The number of hydrogen-bond donors (Lipinski definition) is 0. The summed E-state index contributed by atoms with van der Waals surface area (Å²) in [5.41, 5.74) is 3.84. The van der Waals surface area contributed by atoms with Gasteiger partial charge >= 0.3 is 6.09 Å². The quantitative estimate of drug-likeness (QED) is 0.628. The Labute approximate surface area is 186 Å². The number of hydrogen-bond acceptors (Lipinski definition) is 5. The molecule has 0 spiro atoms. The number of aromatic nitrogens is 3. The van der Waals surface area contributed by atoms with Crippen LogP contribution in [0.2, 0.25) is 0 Å². The van der Waals surface area contributed by atoms with Crippen LogP contribution >= 0.6 is 0 Å². The number of ether oxygens (including phenoxy) is 2. The van der Waals surface area contributed by atoms with Crippen molar-refractivity contribution in [2.45, 2.75) is 51.2 Å². The first-order valence-corrected chi connectivity index (χ1v) is 11.2. The van der Waals surface area contributed by atoms with Gasteiger partial charge in [-0.1, -0.05) is 6.07 Å². The number of carbonyl (C=O) groups excluding carboxylic acids is 1. The Balaban J connectivity index is 1.68. The standard InChI is InChI=1S/C24H28N4O4/c1-16-6-7-18-19(27(16)24(30)31-2)8-9-20-23(18)25-21(15-26-12-4-3-5-22(26)29)28(20)17-10-13-32-14-11-17/h3-5,8-9,12,16-17H,6-7,10-11,13-15H2,1-2H3/t16-/m0/s1. The fraction of sp³-hybridized carbons (Fsp3) is 0.458. The first-order valence-electron chi connectivity index (χ1n) is 11.2. The topological polar surface area (TPSA) is 78.6 Å². The molecule has 0 bridgehead atoms. The van der Waals surface area contributed by atoms with Gasteiger partial charge in [-0.05, 0) is 50.8 Å². The molecule has 0 radical (unpaired) electrons. The molecule has 1 atom stereocenters. The van der Waals surface area contributed by atoms with Gasteiger partial charge < -0.3 is 18.6 Å². The number of anilines is 1. The monoisotopic (exact) mass is 436 g/mol. The highest BCUT2D eigenvalue weighted by molar-refractivity contribution is 5.95. The lowest BCUT2D eigenvalue weighted by molar-refractivity contribution is 0.0698. The van der Waals surface area contributed by atoms with Crippen molar-refractivity contribution in [2.24, 2.45) is 0 Å². The van der Waals surface area contributed by atoms with Crippen molar-refractivity contribution in [3.63, 3.8) is 0 Å². The molecule has 1 fully saturated rings. The fourth-order valence-corrected chi connectivity index (χ4v) is 5.03. The van der Waals surface area contributed by atoms with Crippen molar-refractivity contribution < 1.29 is 14.3 Å². The van der Waals surface area contributed by atoms with Crippen LogP contribution in [-0.4, -0.2) is 46.6 Å². The summed E-state index contributed by atoms with van der Waals surface area (Å²) in [5.74, 6) is 0.858. The first-order chi connectivity index (χ1) is 15.6. The molecule has 1 amide bonds. The molecule has 1 aromatic carbocycles. The van der Waals surface area contributed by atoms with Crippen molar-refractivity contribution >= 4 is 22.8 Å².